The molecule has 0 atom stereocenters. The normalized spacial score (nSPS) is 10.9. The maximum Gasteiger partial charge on any atom is 0.119 e. The Morgan fingerprint density at radius 1 is 1.35 bits per heavy atom. The third-order valence-electron chi connectivity index (χ3n) is 2.34. The van der Waals surface area contributed by atoms with Gasteiger partial charge in [0.05, 0.1) is 6.61 Å². The highest BCUT2D eigenvalue weighted by atomic mass is 79.9. The number of halogens is 1. The quantitative estimate of drug-likeness (QED) is 0.769. The van der Waals surface area contributed by atoms with Gasteiger partial charge in [0.25, 0.3) is 0 Å². The molecular formula is C14H22BrNO. The lowest BCUT2D eigenvalue weighted by Crippen LogP contribution is -2.14. The molecule has 3 heteroatoms. The van der Waals surface area contributed by atoms with Crippen LogP contribution in [0.1, 0.15) is 32.8 Å². The topological polar surface area (TPSA) is 21.3 Å². The van der Waals surface area contributed by atoms with Gasteiger partial charge in [-0.1, -0.05) is 36.7 Å². The number of nitrogens with one attached hydrogen (secondary N) is 1. The summed E-state index contributed by atoms with van der Waals surface area (Å²) >= 11 is 3.57. The van der Waals surface area contributed by atoms with Crippen molar-refractivity contribution < 1.29 is 4.74 Å². The van der Waals surface area contributed by atoms with Gasteiger partial charge >= 0.3 is 0 Å². The predicted octanol–water partition coefficient (Wildman–Crippen LogP) is 3.98. The standard InChI is InChI=1S/C14H22BrNO/c1-4-7-16-9-12-8-13(5-6-14(12)15)17-10-11(2)3/h5-6,8,11,16H,4,7,9-10H2,1-3H3. The average molecular weight is 300 g/mol. The second-order valence-electron chi connectivity index (χ2n) is 4.63. The maximum absolute atomic E-state index is 5.72. The number of hydrogen-bond acceptors (Lipinski definition) is 2. The summed E-state index contributed by atoms with van der Waals surface area (Å²) in [4.78, 5) is 0. The highest BCUT2D eigenvalue weighted by molar-refractivity contribution is 9.10. The lowest BCUT2D eigenvalue weighted by molar-refractivity contribution is 0.270. The first kappa shape index (κ1) is 14.5. The predicted molar refractivity (Wildman–Crippen MR) is 76.5 cm³/mol. The summed E-state index contributed by atoms with van der Waals surface area (Å²) in [5.41, 5.74) is 1.25. The SMILES string of the molecule is CCCNCc1cc(OCC(C)C)ccc1Br. The van der Waals surface area contributed by atoms with E-state index >= 15 is 0 Å². The summed E-state index contributed by atoms with van der Waals surface area (Å²) in [6.07, 6.45) is 1.15. The number of hydrogen-bond donors (Lipinski definition) is 1. The molecule has 0 spiro atoms. The summed E-state index contributed by atoms with van der Waals surface area (Å²) in [7, 11) is 0. The van der Waals surface area contributed by atoms with Crippen LogP contribution in [0.4, 0.5) is 0 Å². The molecule has 0 aliphatic rings. The molecule has 0 aliphatic carbocycles. The molecule has 1 rings (SSSR count). The van der Waals surface area contributed by atoms with Crippen molar-refractivity contribution in [3.05, 3.63) is 28.2 Å². The van der Waals surface area contributed by atoms with Crippen molar-refractivity contribution >= 4 is 15.9 Å². The van der Waals surface area contributed by atoms with Crippen LogP contribution in [0, 0.1) is 5.92 Å². The summed E-state index contributed by atoms with van der Waals surface area (Å²) in [6, 6.07) is 6.17. The van der Waals surface area contributed by atoms with E-state index in [4.69, 9.17) is 4.74 Å². The first-order valence-corrected chi connectivity index (χ1v) is 7.04. The molecule has 1 N–H and O–H groups in total. The van der Waals surface area contributed by atoms with Gasteiger partial charge < -0.3 is 10.1 Å². The zero-order valence-corrected chi connectivity index (χ0v) is 12.5. The van der Waals surface area contributed by atoms with E-state index in [1.807, 2.05) is 6.07 Å². The molecule has 0 amide bonds. The van der Waals surface area contributed by atoms with Crippen LogP contribution in [0.3, 0.4) is 0 Å². The minimum absolute atomic E-state index is 0.556. The highest BCUT2D eigenvalue weighted by Gasteiger charge is 2.03. The minimum Gasteiger partial charge on any atom is -0.493 e. The highest BCUT2D eigenvalue weighted by Crippen LogP contribution is 2.23. The van der Waals surface area contributed by atoms with Gasteiger partial charge in [-0.2, -0.15) is 0 Å². The van der Waals surface area contributed by atoms with Gasteiger partial charge in [0.15, 0.2) is 0 Å². The molecule has 1 aromatic carbocycles. The molecule has 0 aliphatic heterocycles. The van der Waals surface area contributed by atoms with Crippen LogP contribution in [0.15, 0.2) is 22.7 Å². The van der Waals surface area contributed by atoms with E-state index in [0.29, 0.717) is 5.92 Å². The largest absolute Gasteiger partial charge is 0.493 e. The Morgan fingerprint density at radius 3 is 2.76 bits per heavy atom. The molecule has 0 aromatic heterocycles. The molecule has 1 aromatic rings. The number of ether oxygens (including phenoxy) is 1. The summed E-state index contributed by atoms with van der Waals surface area (Å²) < 4.78 is 6.86. The molecule has 96 valence electrons. The molecule has 0 bridgehead atoms. The van der Waals surface area contributed by atoms with Gasteiger partial charge in [0.1, 0.15) is 5.75 Å². The second-order valence-corrected chi connectivity index (χ2v) is 5.49. The van der Waals surface area contributed by atoms with Crippen molar-refractivity contribution in [3.8, 4) is 5.75 Å². The van der Waals surface area contributed by atoms with E-state index in [1.165, 1.54) is 5.56 Å². The van der Waals surface area contributed by atoms with Crippen LogP contribution < -0.4 is 10.1 Å². The van der Waals surface area contributed by atoms with E-state index < -0.39 is 0 Å². The van der Waals surface area contributed by atoms with E-state index in [2.05, 4.69) is 54.2 Å². The first-order chi connectivity index (χ1) is 8.13. The molecule has 0 radical (unpaired) electrons. The lowest BCUT2D eigenvalue weighted by Gasteiger charge is -2.11. The Morgan fingerprint density at radius 2 is 2.12 bits per heavy atom. The number of benzene rings is 1. The summed E-state index contributed by atoms with van der Waals surface area (Å²) in [5.74, 6) is 1.51. The van der Waals surface area contributed by atoms with Gasteiger partial charge in [-0.25, -0.2) is 0 Å². The Balaban J connectivity index is 2.59. The van der Waals surface area contributed by atoms with Crippen molar-refractivity contribution in [3.63, 3.8) is 0 Å². The average Bonchev–Trinajstić information content (AvgIpc) is 2.30. The van der Waals surface area contributed by atoms with E-state index in [1.54, 1.807) is 0 Å². The molecule has 0 fully saturated rings. The van der Waals surface area contributed by atoms with Gasteiger partial charge in [-0.3, -0.25) is 0 Å². The smallest absolute Gasteiger partial charge is 0.119 e. The second kappa shape index (κ2) is 7.72. The van der Waals surface area contributed by atoms with E-state index in [-0.39, 0.29) is 0 Å². The van der Waals surface area contributed by atoms with Crippen LogP contribution in [-0.4, -0.2) is 13.2 Å². The van der Waals surface area contributed by atoms with Crippen molar-refractivity contribution in [2.45, 2.75) is 33.7 Å². The molecule has 0 saturated heterocycles. The monoisotopic (exact) mass is 299 g/mol. The van der Waals surface area contributed by atoms with Gasteiger partial charge in [-0.05, 0) is 42.6 Å². The van der Waals surface area contributed by atoms with Crippen molar-refractivity contribution in [1.82, 2.24) is 5.32 Å². The Labute approximate surface area is 113 Å². The Hall–Kier alpha value is -0.540. The molecule has 0 unspecified atom stereocenters. The molecular weight excluding hydrogens is 278 g/mol. The molecule has 0 saturated carbocycles. The van der Waals surface area contributed by atoms with Crippen LogP contribution in [-0.2, 0) is 6.54 Å². The summed E-state index contributed by atoms with van der Waals surface area (Å²) in [6.45, 7) is 9.18. The van der Waals surface area contributed by atoms with Gasteiger partial charge in [0.2, 0.25) is 0 Å². The third kappa shape index (κ3) is 5.55. The zero-order chi connectivity index (χ0) is 12.7. The fraction of sp³-hybridized carbons (Fsp3) is 0.571. The Bertz CT molecular complexity index is 339. The van der Waals surface area contributed by atoms with E-state index in [9.17, 15) is 0 Å². The fourth-order valence-corrected chi connectivity index (χ4v) is 1.83. The van der Waals surface area contributed by atoms with Crippen LogP contribution in [0.25, 0.3) is 0 Å². The van der Waals surface area contributed by atoms with Crippen molar-refractivity contribution in [2.24, 2.45) is 5.92 Å². The minimum atomic E-state index is 0.556. The lowest BCUT2D eigenvalue weighted by atomic mass is 10.2. The van der Waals surface area contributed by atoms with Crippen LogP contribution in [0.2, 0.25) is 0 Å². The van der Waals surface area contributed by atoms with E-state index in [0.717, 1.165) is 36.3 Å². The number of rotatable bonds is 7. The van der Waals surface area contributed by atoms with Crippen LogP contribution in [0.5, 0.6) is 5.75 Å². The summed E-state index contributed by atoms with van der Waals surface area (Å²) in [5, 5.41) is 3.40. The van der Waals surface area contributed by atoms with Gasteiger partial charge in [0, 0.05) is 11.0 Å². The fourth-order valence-electron chi connectivity index (χ4n) is 1.44. The Kier molecular flexibility index (Phi) is 6.60. The molecule has 17 heavy (non-hydrogen) atoms. The zero-order valence-electron chi connectivity index (χ0n) is 10.9. The first-order valence-electron chi connectivity index (χ1n) is 6.25. The van der Waals surface area contributed by atoms with Crippen LogP contribution >= 0.6 is 15.9 Å². The molecule has 0 heterocycles. The maximum atomic E-state index is 5.72. The van der Waals surface area contributed by atoms with Gasteiger partial charge in [-0.15, -0.1) is 0 Å². The van der Waals surface area contributed by atoms with Crippen molar-refractivity contribution in [1.29, 1.82) is 0 Å². The van der Waals surface area contributed by atoms with Crippen molar-refractivity contribution in [2.75, 3.05) is 13.2 Å². The molecule has 2 nitrogen and oxygen atoms in total. The third-order valence-corrected chi connectivity index (χ3v) is 3.12.